The van der Waals surface area contributed by atoms with Gasteiger partial charge in [0.05, 0.1) is 6.61 Å². The van der Waals surface area contributed by atoms with Gasteiger partial charge in [0.1, 0.15) is 18.5 Å². The molecule has 25 heavy (non-hydrogen) atoms. The van der Waals surface area contributed by atoms with Crippen molar-refractivity contribution in [2.24, 2.45) is 0 Å². The molecule has 2 heteroatoms. The van der Waals surface area contributed by atoms with E-state index in [0.717, 1.165) is 25.2 Å². The average Bonchev–Trinajstić information content (AvgIpc) is 3.46. The molecule has 2 nitrogen and oxygen atoms in total. The zero-order chi connectivity index (χ0) is 17.6. The van der Waals surface area contributed by atoms with E-state index < -0.39 is 0 Å². The Morgan fingerprint density at radius 2 is 1.72 bits per heavy atom. The number of allylic oxidation sites excluding steroid dienone is 2. The van der Waals surface area contributed by atoms with Crippen LogP contribution in [-0.2, 0) is 11.2 Å². The van der Waals surface area contributed by atoms with E-state index in [2.05, 4.69) is 37.3 Å². The molecule has 0 saturated carbocycles. The molecule has 2 rings (SSSR count). The van der Waals surface area contributed by atoms with Crippen molar-refractivity contribution in [3.05, 3.63) is 42.0 Å². The third-order valence-electron chi connectivity index (χ3n) is 4.73. The normalized spacial score (nSPS) is 16.4. The van der Waals surface area contributed by atoms with Crippen molar-refractivity contribution in [2.75, 3.05) is 13.2 Å². The number of epoxide rings is 1. The van der Waals surface area contributed by atoms with Crippen molar-refractivity contribution in [1.29, 1.82) is 0 Å². The van der Waals surface area contributed by atoms with Gasteiger partial charge < -0.3 is 9.47 Å². The Kier molecular flexibility index (Phi) is 10.4. The molecule has 0 bridgehead atoms. The molecule has 0 aliphatic carbocycles. The molecule has 0 amide bonds. The summed E-state index contributed by atoms with van der Waals surface area (Å²) in [4.78, 5) is 0. The van der Waals surface area contributed by atoms with Crippen LogP contribution in [-0.4, -0.2) is 19.3 Å². The Morgan fingerprint density at radius 3 is 2.48 bits per heavy atom. The lowest BCUT2D eigenvalue weighted by Crippen LogP contribution is -2.04. The largest absolute Gasteiger partial charge is 0.491 e. The Bertz CT molecular complexity index is 477. The highest BCUT2D eigenvalue weighted by Gasteiger charge is 2.22. The third kappa shape index (κ3) is 10.3. The van der Waals surface area contributed by atoms with Gasteiger partial charge in [-0.2, -0.15) is 0 Å². The molecule has 1 aromatic carbocycles. The lowest BCUT2D eigenvalue weighted by Gasteiger charge is -2.06. The lowest BCUT2D eigenvalue weighted by atomic mass is 10.1. The molecule has 1 atom stereocenters. The van der Waals surface area contributed by atoms with Crippen LogP contribution in [0, 0.1) is 0 Å². The summed E-state index contributed by atoms with van der Waals surface area (Å²) in [6.07, 6.45) is 19.7. The van der Waals surface area contributed by atoms with E-state index in [9.17, 15) is 0 Å². The summed E-state index contributed by atoms with van der Waals surface area (Å²) in [7, 11) is 0. The van der Waals surface area contributed by atoms with E-state index in [1.54, 1.807) is 0 Å². The van der Waals surface area contributed by atoms with Crippen LogP contribution in [0.2, 0.25) is 0 Å². The van der Waals surface area contributed by atoms with Crippen LogP contribution in [0.15, 0.2) is 36.4 Å². The lowest BCUT2D eigenvalue weighted by molar-refractivity contribution is 0.263. The first-order valence-corrected chi connectivity index (χ1v) is 10.4. The number of hydrogen-bond donors (Lipinski definition) is 0. The second-order valence-electron chi connectivity index (χ2n) is 7.19. The van der Waals surface area contributed by atoms with Gasteiger partial charge in [-0.05, 0) is 43.4 Å². The molecule has 1 aliphatic rings. The highest BCUT2D eigenvalue weighted by atomic mass is 16.6. The van der Waals surface area contributed by atoms with E-state index in [1.165, 1.54) is 63.4 Å². The summed E-state index contributed by atoms with van der Waals surface area (Å²) in [5.41, 5.74) is 1.35. The maximum atomic E-state index is 5.74. The van der Waals surface area contributed by atoms with Gasteiger partial charge in [0.15, 0.2) is 0 Å². The first-order chi connectivity index (χ1) is 12.4. The minimum absolute atomic E-state index is 0.322. The van der Waals surface area contributed by atoms with Crippen molar-refractivity contribution in [3.8, 4) is 5.75 Å². The van der Waals surface area contributed by atoms with E-state index in [0.29, 0.717) is 12.7 Å². The monoisotopic (exact) mass is 344 g/mol. The van der Waals surface area contributed by atoms with Crippen molar-refractivity contribution in [2.45, 2.75) is 83.7 Å². The molecule has 0 spiro atoms. The maximum absolute atomic E-state index is 5.74. The predicted molar refractivity (Wildman–Crippen MR) is 106 cm³/mol. The van der Waals surface area contributed by atoms with Crippen LogP contribution >= 0.6 is 0 Å². The first-order valence-electron chi connectivity index (χ1n) is 10.4. The van der Waals surface area contributed by atoms with Gasteiger partial charge in [0.2, 0.25) is 0 Å². The van der Waals surface area contributed by atoms with E-state index >= 15 is 0 Å². The molecule has 0 aromatic heterocycles. The van der Waals surface area contributed by atoms with Crippen molar-refractivity contribution >= 4 is 0 Å². The number of hydrogen-bond acceptors (Lipinski definition) is 2. The van der Waals surface area contributed by atoms with Crippen LogP contribution in [0.3, 0.4) is 0 Å². The Morgan fingerprint density at radius 1 is 1.00 bits per heavy atom. The molecular formula is C23H36O2. The van der Waals surface area contributed by atoms with Gasteiger partial charge in [-0.1, -0.05) is 76.2 Å². The first kappa shape index (κ1) is 20.0. The van der Waals surface area contributed by atoms with E-state index in [1.807, 2.05) is 6.07 Å². The Labute approximate surface area is 154 Å². The summed E-state index contributed by atoms with van der Waals surface area (Å²) >= 11 is 0. The molecule has 0 radical (unpaired) electrons. The minimum Gasteiger partial charge on any atom is -0.491 e. The minimum atomic E-state index is 0.322. The van der Waals surface area contributed by atoms with E-state index in [-0.39, 0.29) is 0 Å². The standard InChI is InChI=1S/C23H36O2/c1-2-3-4-5-6-7-8-9-10-11-12-13-15-21-16-14-17-22(18-21)24-19-23-20-25-23/h11-12,14,16-18,23H,2-10,13,15,19-20H2,1H3/b12-11+. The molecule has 0 N–H and O–H groups in total. The highest BCUT2D eigenvalue weighted by Crippen LogP contribution is 2.17. The van der Waals surface area contributed by atoms with Crippen molar-refractivity contribution in [3.63, 3.8) is 0 Å². The molecule has 1 unspecified atom stereocenters. The Hall–Kier alpha value is -1.28. The van der Waals surface area contributed by atoms with Crippen LogP contribution in [0.4, 0.5) is 0 Å². The molecule has 1 aromatic rings. The van der Waals surface area contributed by atoms with Gasteiger partial charge in [-0.3, -0.25) is 0 Å². The van der Waals surface area contributed by atoms with Crippen LogP contribution < -0.4 is 4.74 Å². The fourth-order valence-corrected chi connectivity index (χ4v) is 3.03. The second kappa shape index (κ2) is 13.0. The summed E-state index contributed by atoms with van der Waals surface area (Å²) < 4.78 is 10.9. The van der Waals surface area contributed by atoms with Crippen molar-refractivity contribution in [1.82, 2.24) is 0 Å². The zero-order valence-corrected chi connectivity index (χ0v) is 16.1. The topological polar surface area (TPSA) is 21.8 Å². The van der Waals surface area contributed by atoms with E-state index in [4.69, 9.17) is 9.47 Å². The molecule has 1 saturated heterocycles. The van der Waals surface area contributed by atoms with Crippen LogP contribution in [0.25, 0.3) is 0 Å². The van der Waals surface area contributed by atoms with Crippen molar-refractivity contribution < 1.29 is 9.47 Å². The molecule has 1 heterocycles. The summed E-state index contributed by atoms with van der Waals surface area (Å²) in [5.74, 6) is 0.968. The zero-order valence-electron chi connectivity index (χ0n) is 16.1. The summed E-state index contributed by atoms with van der Waals surface area (Å²) in [6, 6.07) is 8.47. The van der Waals surface area contributed by atoms with Gasteiger partial charge in [-0.25, -0.2) is 0 Å². The van der Waals surface area contributed by atoms with Gasteiger partial charge in [0, 0.05) is 0 Å². The number of benzene rings is 1. The number of rotatable bonds is 15. The molecular weight excluding hydrogens is 308 g/mol. The fraction of sp³-hybridized carbons (Fsp3) is 0.652. The second-order valence-corrected chi connectivity index (χ2v) is 7.19. The fourth-order valence-electron chi connectivity index (χ4n) is 3.03. The predicted octanol–water partition coefficient (Wildman–Crippen LogP) is 6.48. The van der Waals surface area contributed by atoms with Crippen LogP contribution in [0.5, 0.6) is 5.75 Å². The van der Waals surface area contributed by atoms with Crippen LogP contribution in [0.1, 0.15) is 76.7 Å². The number of aryl methyl sites for hydroxylation is 1. The maximum Gasteiger partial charge on any atom is 0.119 e. The smallest absolute Gasteiger partial charge is 0.119 e. The number of unbranched alkanes of at least 4 members (excludes halogenated alkanes) is 8. The van der Waals surface area contributed by atoms with Gasteiger partial charge >= 0.3 is 0 Å². The average molecular weight is 345 g/mol. The Balaban J connectivity index is 1.46. The summed E-state index contributed by atoms with van der Waals surface area (Å²) in [5, 5.41) is 0. The molecule has 140 valence electrons. The van der Waals surface area contributed by atoms with Gasteiger partial charge in [-0.15, -0.1) is 0 Å². The van der Waals surface area contributed by atoms with Gasteiger partial charge in [0.25, 0.3) is 0 Å². The quantitative estimate of drug-likeness (QED) is 0.206. The third-order valence-corrected chi connectivity index (χ3v) is 4.73. The highest BCUT2D eigenvalue weighted by molar-refractivity contribution is 5.28. The molecule has 1 aliphatic heterocycles. The summed E-state index contributed by atoms with van der Waals surface area (Å²) in [6.45, 7) is 3.81. The SMILES string of the molecule is CCCCCCCCCC/C=C/CCc1cccc(OCC2CO2)c1. The number of ether oxygens (including phenoxy) is 2. The molecule has 1 fully saturated rings.